The molecule has 46 heavy (non-hydrogen) atoms. The minimum atomic E-state index is -0.663. The van der Waals surface area contributed by atoms with E-state index >= 15 is 0 Å². The number of nitrogens with two attached hydrogens (primary N) is 1. The van der Waals surface area contributed by atoms with E-state index in [0.29, 0.717) is 29.9 Å². The van der Waals surface area contributed by atoms with Crippen molar-refractivity contribution < 1.29 is 19.1 Å². The summed E-state index contributed by atoms with van der Waals surface area (Å²) in [6.45, 7) is 3.01. The normalized spacial score (nSPS) is 19.9. The molecule has 2 atom stereocenters. The SMILES string of the molecule is N[C@@H]1C(=O)N2C(C(=O)OC(c3ccccc3)c3ccccc3)=C(C=CSc3cc(=O)c4ccc(N5CCOCC5)cc4s3)CS[C@H]12. The minimum absolute atomic E-state index is 0.0363. The number of fused-ring (bicyclic) bond motifs is 2. The van der Waals surface area contributed by atoms with Crippen molar-refractivity contribution in [3.05, 3.63) is 129 Å². The number of ether oxygens (including phenoxy) is 2. The molecule has 4 heterocycles. The van der Waals surface area contributed by atoms with Crippen molar-refractivity contribution in [2.75, 3.05) is 37.0 Å². The molecule has 0 spiro atoms. The fourth-order valence-corrected chi connectivity index (χ4v) is 9.06. The number of allylic oxidation sites excluding steroid dienone is 1. The molecule has 1 amide bonds. The molecule has 0 bridgehead atoms. The lowest BCUT2D eigenvalue weighted by molar-refractivity contribution is -0.153. The van der Waals surface area contributed by atoms with Crippen molar-refractivity contribution in [3.63, 3.8) is 0 Å². The first-order valence-electron chi connectivity index (χ1n) is 15.0. The topological polar surface area (TPSA) is 102 Å². The zero-order valence-electron chi connectivity index (χ0n) is 24.7. The summed E-state index contributed by atoms with van der Waals surface area (Å²) in [6, 6.07) is 26.1. The van der Waals surface area contributed by atoms with Crippen LogP contribution in [0.4, 0.5) is 5.69 Å². The Hall–Kier alpha value is -3.87. The van der Waals surface area contributed by atoms with Crippen LogP contribution in [-0.2, 0) is 19.1 Å². The Morgan fingerprint density at radius 1 is 0.978 bits per heavy atom. The number of carbonyl (C=O) groups excluding carboxylic acids is 2. The van der Waals surface area contributed by atoms with Crippen LogP contribution in [0.15, 0.2) is 117 Å². The molecule has 2 N–H and O–H groups in total. The first kappa shape index (κ1) is 30.8. The number of rotatable bonds is 8. The second-order valence-electron chi connectivity index (χ2n) is 11.0. The van der Waals surface area contributed by atoms with Crippen molar-refractivity contribution in [2.45, 2.75) is 21.7 Å². The van der Waals surface area contributed by atoms with Crippen molar-refractivity contribution >= 4 is 62.5 Å². The fourth-order valence-electron chi connectivity index (χ4n) is 5.79. The standard InChI is InChI=1S/C35H31N3O5S3/c36-30-33(40)38-31(35(41)43-32(22-7-3-1-4-8-22)23-9-5-2-6-10-23)24(21-45-34(30)38)13-18-44-29-20-27(39)26-12-11-25(19-28(26)46-29)37-14-16-42-17-15-37/h1-13,18-20,30,32,34H,14-17,21,36H2/t30-,34-/m1/s1. The van der Waals surface area contributed by atoms with Gasteiger partial charge in [-0.25, -0.2) is 4.79 Å². The van der Waals surface area contributed by atoms with Gasteiger partial charge in [-0.2, -0.15) is 0 Å². The van der Waals surface area contributed by atoms with Crippen LogP contribution in [0.1, 0.15) is 17.2 Å². The smallest absolute Gasteiger partial charge is 0.356 e. The quantitative estimate of drug-likeness (QED) is 0.147. The van der Waals surface area contributed by atoms with Gasteiger partial charge in [0, 0.05) is 40.7 Å². The maximum atomic E-state index is 14.0. The number of anilines is 1. The molecule has 3 aliphatic heterocycles. The molecule has 1 aromatic heterocycles. The highest BCUT2D eigenvalue weighted by molar-refractivity contribution is 8.04. The fraction of sp³-hybridized carbons (Fsp3) is 0.229. The highest BCUT2D eigenvalue weighted by Gasteiger charge is 2.52. The highest BCUT2D eigenvalue weighted by atomic mass is 32.2. The van der Waals surface area contributed by atoms with Gasteiger partial charge in [0.05, 0.1) is 17.4 Å². The van der Waals surface area contributed by atoms with E-state index < -0.39 is 18.1 Å². The summed E-state index contributed by atoms with van der Waals surface area (Å²) in [5, 5.41) is 2.23. The van der Waals surface area contributed by atoms with Crippen LogP contribution in [-0.4, -0.2) is 60.2 Å². The Morgan fingerprint density at radius 2 is 1.67 bits per heavy atom. The first-order valence-corrected chi connectivity index (χ1v) is 17.7. The third kappa shape index (κ3) is 6.13. The van der Waals surface area contributed by atoms with E-state index in [4.69, 9.17) is 15.2 Å². The predicted molar refractivity (Wildman–Crippen MR) is 185 cm³/mol. The Balaban J connectivity index is 1.17. The summed E-state index contributed by atoms with van der Waals surface area (Å²) < 4.78 is 13.4. The number of esters is 1. The second-order valence-corrected chi connectivity index (χ2v) is 14.4. The van der Waals surface area contributed by atoms with Gasteiger partial charge in [0.2, 0.25) is 5.91 Å². The molecule has 0 saturated carbocycles. The van der Waals surface area contributed by atoms with Crippen molar-refractivity contribution in [2.24, 2.45) is 5.73 Å². The summed E-state index contributed by atoms with van der Waals surface area (Å²) in [4.78, 5) is 43.7. The van der Waals surface area contributed by atoms with Gasteiger partial charge in [-0.15, -0.1) is 23.1 Å². The summed E-state index contributed by atoms with van der Waals surface area (Å²) in [5.74, 6) is -0.400. The molecule has 2 fully saturated rings. The van der Waals surface area contributed by atoms with Crippen molar-refractivity contribution in [1.82, 2.24) is 4.90 Å². The number of hydrogen-bond donors (Lipinski definition) is 1. The van der Waals surface area contributed by atoms with Crippen molar-refractivity contribution in [3.8, 4) is 0 Å². The van der Waals surface area contributed by atoms with E-state index in [9.17, 15) is 14.4 Å². The Labute approximate surface area is 278 Å². The van der Waals surface area contributed by atoms with Gasteiger partial charge in [0.15, 0.2) is 11.5 Å². The Kier molecular flexibility index (Phi) is 9.01. The molecule has 3 aromatic carbocycles. The van der Waals surface area contributed by atoms with Gasteiger partial charge in [0.25, 0.3) is 0 Å². The lowest BCUT2D eigenvalue weighted by Gasteiger charge is -2.48. The molecule has 2 saturated heterocycles. The number of thioether (sulfide) groups is 2. The van der Waals surface area contributed by atoms with Crippen LogP contribution >= 0.6 is 34.9 Å². The molecule has 4 aromatic rings. The van der Waals surface area contributed by atoms with Crippen LogP contribution in [0.2, 0.25) is 0 Å². The molecule has 11 heteroatoms. The van der Waals surface area contributed by atoms with E-state index in [1.54, 1.807) is 17.4 Å². The number of hydrogen-bond acceptors (Lipinski definition) is 10. The number of carbonyl (C=O) groups is 2. The average molecular weight is 670 g/mol. The van der Waals surface area contributed by atoms with Crippen LogP contribution in [0.25, 0.3) is 10.1 Å². The maximum Gasteiger partial charge on any atom is 0.356 e. The molecule has 8 nitrogen and oxygen atoms in total. The van der Waals surface area contributed by atoms with Crippen LogP contribution in [0, 0.1) is 0 Å². The lowest BCUT2D eigenvalue weighted by atomic mass is 10.0. The van der Waals surface area contributed by atoms with Gasteiger partial charge in [-0.1, -0.05) is 72.4 Å². The monoisotopic (exact) mass is 669 g/mol. The number of nitrogens with zero attached hydrogens (tertiary/aromatic N) is 2. The van der Waals surface area contributed by atoms with E-state index in [2.05, 4.69) is 11.0 Å². The molecular formula is C35H31N3O5S3. The predicted octanol–water partition coefficient (Wildman–Crippen LogP) is 5.53. The maximum absolute atomic E-state index is 14.0. The molecule has 0 aliphatic carbocycles. The lowest BCUT2D eigenvalue weighted by Crippen LogP contribution is -2.68. The Bertz CT molecular complexity index is 1850. The molecular weight excluding hydrogens is 639 g/mol. The van der Waals surface area contributed by atoms with Crippen LogP contribution in [0.5, 0.6) is 0 Å². The van der Waals surface area contributed by atoms with E-state index in [0.717, 1.165) is 38.8 Å². The van der Waals surface area contributed by atoms with E-state index in [1.165, 1.54) is 28.4 Å². The first-order chi connectivity index (χ1) is 22.5. The number of morpholine rings is 1. The van der Waals surface area contributed by atoms with Gasteiger partial charge >= 0.3 is 5.97 Å². The summed E-state index contributed by atoms with van der Waals surface area (Å²) in [7, 11) is 0. The number of benzene rings is 3. The molecule has 0 unspecified atom stereocenters. The van der Waals surface area contributed by atoms with Gasteiger partial charge in [-0.05, 0) is 46.4 Å². The largest absolute Gasteiger partial charge is 0.448 e. The third-order valence-electron chi connectivity index (χ3n) is 8.18. The van der Waals surface area contributed by atoms with Gasteiger partial charge < -0.3 is 20.1 Å². The van der Waals surface area contributed by atoms with Gasteiger partial charge in [-0.3, -0.25) is 14.5 Å². The molecule has 234 valence electrons. The molecule has 7 rings (SSSR count). The summed E-state index contributed by atoms with van der Waals surface area (Å²) in [5.41, 5.74) is 9.69. The zero-order valence-corrected chi connectivity index (χ0v) is 27.2. The van der Waals surface area contributed by atoms with E-state index in [1.807, 2.05) is 84.3 Å². The van der Waals surface area contributed by atoms with E-state index in [-0.39, 0.29) is 22.4 Å². The molecule has 0 radical (unpaired) electrons. The number of β-lactam (4-membered cyclic amide) rings is 1. The second kappa shape index (κ2) is 13.5. The summed E-state index contributed by atoms with van der Waals surface area (Å²) in [6.07, 6.45) is 1.19. The van der Waals surface area contributed by atoms with Crippen molar-refractivity contribution in [1.29, 1.82) is 0 Å². The van der Waals surface area contributed by atoms with Crippen LogP contribution in [0.3, 0.4) is 0 Å². The van der Waals surface area contributed by atoms with Gasteiger partial charge in [0.1, 0.15) is 17.1 Å². The van der Waals surface area contributed by atoms with Crippen LogP contribution < -0.4 is 16.1 Å². The minimum Gasteiger partial charge on any atom is -0.448 e. The third-order valence-corrected chi connectivity index (χ3v) is 11.5. The summed E-state index contributed by atoms with van der Waals surface area (Å²) >= 11 is 4.48. The number of amides is 1. The highest BCUT2D eigenvalue weighted by Crippen LogP contribution is 2.41. The zero-order chi connectivity index (χ0) is 31.6. The Morgan fingerprint density at radius 3 is 2.37 bits per heavy atom. The average Bonchev–Trinajstić information content (AvgIpc) is 3.10. The molecule has 3 aliphatic rings.